The quantitative estimate of drug-likeness (QED) is 0.430. The molecular formula is C24H22BrFN2OS. The Bertz CT molecular complexity index is 1100. The minimum atomic E-state index is -0.260. The molecule has 0 bridgehead atoms. The van der Waals surface area contributed by atoms with Crippen LogP contribution in [0.3, 0.4) is 0 Å². The molecule has 2 amide bonds. The Labute approximate surface area is 188 Å². The van der Waals surface area contributed by atoms with Crippen LogP contribution in [0.25, 0.3) is 0 Å². The highest BCUT2D eigenvalue weighted by molar-refractivity contribution is 9.10. The monoisotopic (exact) mass is 484 g/mol. The van der Waals surface area contributed by atoms with Crippen LogP contribution in [0.2, 0.25) is 0 Å². The van der Waals surface area contributed by atoms with Crippen LogP contribution in [0.4, 0.5) is 14.9 Å². The summed E-state index contributed by atoms with van der Waals surface area (Å²) in [6.07, 6.45) is 5.62. The number of urea groups is 1. The van der Waals surface area contributed by atoms with E-state index in [1.165, 1.54) is 45.9 Å². The number of hydrogen-bond donors (Lipinski definition) is 1. The zero-order chi connectivity index (χ0) is 20.7. The lowest BCUT2D eigenvalue weighted by molar-refractivity contribution is 0.195. The fourth-order valence-electron chi connectivity index (χ4n) is 4.60. The molecule has 0 saturated carbocycles. The van der Waals surface area contributed by atoms with E-state index in [9.17, 15) is 9.18 Å². The molecule has 1 N–H and O–H groups in total. The molecule has 5 rings (SSSR count). The van der Waals surface area contributed by atoms with E-state index < -0.39 is 0 Å². The van der Waals surface area contributed by atoms with Crippen molar-refractivity contribution >= 4 is 39.0 Å². The predicted octanol–water partition coefficient (Wildman–Crippen LogP) is 6.71. The molecule has 2 heterocycles. The van der Waals surface area contributed by atoms with Crippen molar-refractivity contribution in [3.63, 3.8) is 0 Å². The maximum absolute atomic E-state index is 13.6. The standard InChI is InChI=1S/C24H22BrFN2OS/c25-19-6-2-3-7-20(19)27-24(29)28-14-13-18-17-5-1-4-8-21(17)30-23(18)22(28)15-9-11-16(26)12-10-15/h2-3,6-7,9-12,22H,1,4-5,8,13-14H2,(H,27,29). The Morgan fingerprint density at radius 3 is 2.60 bits per heavy atom. The lowest BCUT2D eigenvalue weighted by Crippen LogP contribution is -2.42. The molecular weight excluding hydrogens is 463 g/mol. The fourth-order valence-corrected chi connectivity index (χ4v) is 6.56. The molecule has 6 heteroatoms. The van der Waals surface area contributed by atoms with Gasteiger partial charge in [0.25, 0.3) is 0 Å². The van der Waals surface area contributed by atoms with Crippen LogP contribution < -0.4 is 5.32 Å². The number of para-hydroxylation sites is 1. The first kappa shape index (κ1) is 19.8. The van der Waals surface area contributed by atoms with Crippen molar-refractivity contribution in [2.45, 2.75) is 38.1 Å². The fraction of sp³-hybridized carbons (Fsp3) is 0.292. The second kappa shape index (κ2) is 8.16. The van der Waals surface area contributed by atoms with Gasteiger partial charge in [0.2, 0.25) is 0 Å². The van der Waals surface area contributed by atoms with Gasteiger partial charge in [0, 0.05) is 20.8 Å². The number of rotatable bonds is 2. The van der Waals surface area contributed by atoms with Crippen molar-refractivity contribution in [2.75, 3.05) is 11.9 Å². The van der Waals surface area contributed by atoms with Gasteiger partial charge in [0.05, 0.1) is 11.7 Å². The SMILES string of the molecule is O=C(Nc1ccccc1Br)N1CCc2c(sc3c2CCCC3)C1c1ccc(F)cc1. The van der Waals surface area contributed by atoms with Crippen molar-refractivity contribution in [3.8, 4) is 0 Å². The van der Waals surface area contributed by atoms with Gasteiger partial charge in [-0.3, -0.25) is 0 Å². The van der Waals surface area contributed by atoms with E-state index in [4.69, 9.17) is 0 Å². The molecule has 1 atom stereocenters. The van der Waals surface area contributed by atoms with Crippen molar-refractivity contribution in [3.05, 3.63) is 85.3 Å². The number of anilines is 1. The highest BCUT2D eigenvalue weighted by atomic mass is 79.9. The van der Waals surface area contributed by atoms with Gasteiger partial charge in [0.15, 0.2) is 0 Å². The number of carbonyl (C=O) groups is 1. The summed E-state index contributed by atoms with van der Waals surface area (Å²) in [7, 11) is 0. The number of thiophene rings is 1. The van der Waals surface area contributed by atoms with Crippen molar-refractivity contribution in [1.29, 1.82) is 0 Å². The van der Waals surface area contributed by atoms with Crippen LogP contribution in [-0.4, -0.2) is 17.5 Å². The molecule has 1 unspecified atom stereocenters. The minimum absolute atomic E-state index is 0.131. The van der Waals surface area contributed by atoms with E-state index in [2.05, 4.69) is 21.2 Å². The highest BCUT2D eigenvalue weighted by Crippen LogP contribution is 2.45. The maximum Gasteiger partial charge on any atom is 0.322 e. The van der Waals surface area contributed by atoms with Crippen molar-refractivity contribution in [1.82, 2.24) is 4.90 Å². The number of carbonyl (C=O) groups excluding carboxylic acids is 1. The molecule has 3 nitrogen and oxygen atoms in total. The summed E-state index contributed by atoms with van der Waals surface area (Å²) in [4.78, 5) is 18.0. The number of amides is 2. The van der Waals surface area contributed by atoms with Crippen molar-refractivity contribution in [2.24, 2.45) is 0 Å². The number of halogens is 2. The number of benzene rings is 2. The first-order valence-corrected chi connectivity index (χ1v) is 11.9. The van der Waals surface area contributed by atoms with Crippen molar-refractivity contribution < 1.29 is 9.18 Å². The second-order valence-corrected chi connectivity index (χ2v) is 9.85. The van der Waals surface area contributed by atoms with Gasteiger partial charge in [-0.1, -0.05) is 24.3 Å². The Kier molecular flexibility index (Phi) is 5.37. The lowest BCUT2D eigenvalue weighted by Gasteiger charge is -2.36. The Morgan fingerprint density at radius 2 is 1.80 bits per heavy atom. The topological polar surface area (TPSA) is 32.3 Å². The average Bonchev–Trinajstić information content (AvgIpc) is 3.14. The third-order valence-corrected chi connectivity index (χ3v) is 8.11. The largest absolute Gasteiger partial charge is 0.322 e. The molecule has 0 spiro atoms. The third-order valence-electron chi connectivity index (χ3n) is 6.04. The van der Waals surface area contributed by atoms with E-state index in [-0.39, 0.29) is 17.9 Å². The summed E-state index contributed by atoms with van der Waals surface area (Å²) < 4.78 is 14.5. The number of nitrogens with one attached hydrogen (secondary N) is 1. The zero-order valence-electron chi connectivity index (χ0n) is 16.5. The van der Waals surface area contributed by atoms with E-state index in [1.807, 2.05) is 52.6 Å². The number of aryl methyl sites for hydroxylation is 1. The van der Waals surface area contributed by atoms with Gasteiger partial charge in [0.1, 0.15) is 5.82 Å². The molecule has 0 radical (unpaired) electrons. The highest BCUT2D eigenvalue weighted by Gasteiger charge is 2.36. The predicted molar refractivity (Wildman–Crippen MR) is 123 cm³/mol. The second-order valence-electron chi connectivity index (χ2n) is 7.86. The maximum atomic E-state index is 13.6. The lowest BCUT2D eigenvalue weighted by atomic mass is 9.88. The van der Waals surface area contributed by atoms with Crippen LogP contribution in [0.1, 0.15) is 45.3 Å². The van der Waals surface area contributed by atoms with Crippen LogP contribution in [0.15, 0.2) is 53.0 Å². The summed E-state index contributed by atoms with van der Waals surface area (Å²) in [5.41, 5.74) is 4.64. The van der Waals surface area contributed by atoms with E-state index in [1.54, 1.807) is 0 Å². The van der Waals surface area contributed by atoms with Crippen LogP contribution in [0.5, 0.6) is 0 Å². The van der Waals surface area contributed by atoms with Crippen LogP contribution >= 0.6 is 27.3 Å². The van der Waals surface area contributed by atoms with Crippen LogP contribution in [-0.2, 0) is 19.3 Å². The summed E-state index contributed by atoms with van der Waals surface area (Å²) >= 11 is 5.36. The average molecular weight is 485 g/mol. The van der Waals surface area contributed by atoms with E-state index in [0.717, 1.165) is 35.0 Å². The van der Waals surface area contributed by atoms with Gasteiger partial charge in [-0.2, -0.15) is 0 Å². The van der Waals surface area contributed by atoms with Gasteiger partial charge in [-0.25, -0.2) is 9.18 Å². The summed E-state index contributed by atoms with van der Waals surface area (Å²) in [6, 6.07) is 13.9. The van der Waals surface area contributed by atoms with Gasteiger partial charge in [-0.15, -0.1) is 11.3 Å². The molecule has 1 aliphatic heterocycles. The number of fused-ring (bicyclic) bond motifs is 3. The normalized spacial score (nSPS) is 17.9. The van der Waals surface area contributed by atoms with E-state index >= 15 is 0 Å². The molecule has 2 aromatic carbocycles. The Balaban J connectivity index is 1.55. The smallest absolute Gasteiger partial charge is 0.312 e. The summed E-state index contributed by atoms with van der Waals surface area (Å²) in [6.45, 7) is 0.647. The molecule has 0 fully saturated rings. The van der Waals surface area contributed by atoms with E-state index in [0.29, 0.717) is 6.54 Å². The third kappa shape index (κ3) is 3.56. The number of nitrogens with zero attached hydrogens (tertiary/aromatic N) is 1. The first-order chi connectivity index (χ1) is 14.6. The number of hydrogen-bond acceptors (Lipinski definition) is 2. The minimum Gasteiger partial charge on any atom is -0.312 e. The Hall–Kier alpha value is -2.18. The first-order valence-electron chi connectivity index (χ1n) is 10.3. The molecule has 1 aromatic heterocycles. The van der Waals surface area contributed by atoms with Gasteiger partial charge in [-0.05, 0) is 89.0 Å². The summed E-state index contributed by atoms with van der Waals surface area (Å²) in [5.74, 6) is -0.260. The zero-order valence-corrected chi connectivity index (χ0v) is 18.9. The Morgan fingerprint density at radius 1 is 1.03 bits per heavy atom. The van der Waals surface area contributed by atoms with Crippen LogP contribution in [0, 0.1) is 5.82 Å². The molecule has 3 aromatic rings. The molecule has 30 heavy (non-hydrogen) atoms. The summed E-state index contributed by atoms with van der Waals surface area (Å²) in [5, 5.41) is 3.05. The molecule has 0 saturated heterocycles. The molecule has 154 valence electrons. The van der Waals surface area contributed by atoms with Gasteiger partial charge < -0.3 is 10.2 Å². The molecule has 2 aliphatic rings. The molecule has 1 aliphatic carbocycles. The van der Waals surface area contributed by atoms with Gasteiger partial charge >= 0.3 is 6.03 Å².